The van der Waals surface area contributed by atoms with Crippen molar-refractivity contribution in [1.82, 2.24) is 0 Å². The standard InChI is InChI=1S/C19H23O5P.Li.H/c1-6-24-13-7-8-17(12(2)9-13)25-19(20)18-15(22-4)10-14(21-3)11-16(18)23-5;;/h7-11,25H,6H2,1-5H3;;/q;+1;-1. The Hall–Kier alpha value is -1.66. The van der Waals surface area contributed by atoms with Gasteiger partial charge in [0.1, 0.15) is 28.6 Å². The molecule has 0 spiro atoms. The zero-order chi connectivity index (χ0) is 18.4. The molecule has 2 aromatic carbocycles. The molecule has 0 bridgehead atoms. The second-order valence-electron chi connectivity index (χ2n) is 5.27. The molecule has 1 unspecified atom stereocenters. The maximum atomic E-state index is 12.9. The van der Waals surface area contributed by atoms with Crippen molar-refractivity contribution in [1.29, 1.82) is 0 Å². The third kappa shape index (κ3) is 5.17. The van der Waals surface area contributed by atoms with Gasteiger partial charge in [-0.2, -0.15) is 0 Å². The van der Waals surface area contributed by atoms with E-state index in [1.165, 1.54) is 14.2 Å². The van der Waals surface area contributed by atoms with Crippen LogP contribution in [-0.2, 0) is 0 Å². The second kappa shape index (κ2) is 10.5. The fraction of sp³-hybridized carbons (Fsp3) is 0.316. The SMILES string of the molecule is CCOc1ccc(PC(=O)c2c(OC)cc(OC)cc2OC)c(C)c1.[H-].[Li+]. The molecule has 0 aliphatic heterocycles. The number of benzene rings is 2. The summed E-state index contributed by atoms with van der Waals surface area (Å²) in [4.78, 5) is 12.9. The summed E-state index contributed by atoms with van der Waals surface area (Å²) in [6.07, 6.45) is 0. The Morgan fingerprint density at radius 3 is 2.08 bits per heavy atom. The first kappa shape index (κ1) is 22.4. The van der Waals surface area contributed by atoms with E-state index in [0.717, 1.165) is 16.6 Å². The van der Waals surface area contributed by atoms with E-state index in [2.05, 4.69) is 0 Å². The Labute approximate surface area is 169 Å². The molecule has 0 radical (unpaired) electrons. The number of carbonyl (C=O) groups is 1. The molecule has 1 atom stereocenters. The molecule has 2 rings (SSSR count). The summed E-state index contributed by atoms with van der Waals surface area (Å²) in [6.45, 7) is 4.53. The second-order valence-corrected chi connectivity index (χ2v) is 6.51. The van der Waals surface area contributed by atoms with Crippen molar-refractivity contribution in [3.63, 3.8) is 0 Å². The molecule has 0 saturated heterocycles. The van der Waals surface area contributed by atoms with Gasteiger partial charge in [-0.05, 0) is 45.4 Å². The van der Waals surface area contributed by atoms with E-state index in [4.69, 9.17) is 18.9 Å². The number of aryl methyl sites for hydroxylation is 1. The topological polar surface area (TPSA) is 54.0 Å². The number of hydrogen-bond acceptors (Lipinski definition) is 5. The van der Waals surface area contributed by atoms with E-state index in [9.17, 15) is 4.79 Å². The van der Waals surface area contributed by atoms with Gasteiger partial charge in [-0.15, -0.1) is 0 Å². The van der Waals surface area contributed by atoms with Crippen molar-refractivity contribution in [2.45, 2.75) is 13.8 Å². The molecule has 5 nitrogen and oxygen atoms in total. The van der Waals surface area contributed by atoms with E-state index < -0.39 is 0 Å². The van der Waals surface area contributed by atoms with Gasteiger partial charge in [-0.1, -0.05) is 6.07 Å². The van der Waals surface area contributed by atoms with Crippen molar-refractivity contribution in [3.05, 3.63) is 41.5 Å². The molecule has 0 aromatic heterocycles. The fourth-order valence-electron chi connectivity index (χ4n) is 2.45. The maximum absolute atomic E-state index is 12.9. The van der Waals surface area contributed by atoms with Gasteiger partial charge in [-0.3, -0.25) is 4.79 Å². The largest absolute Gasteiger partial charge is 1.00 e. The van der Waals surface area contributed by atoms with Gasteiger partial charge in [0.15, 0.2) is 5.52 Å². The van der Waals surface area contributed by atoms with Crippen LogP contribution >= 0.6 is 8.58 Å². The molecular weight excluding hydrogens is 346 g/mol. The van der Waals surface area contributed by atoms with Crippen LogP contribution in [0.1, 0.15) is 24.3 Å². The number of hydrogen-bond donors (Lipinski definition) is 0. The van der Waals surface area contributed by atoms with Gasteiger partial charge < -0.3 is 20.4 Å². The Kier molecular flexibility index (Phi) is 9.02. The Morgan fingerprint density at radius 2 is 1.62 bits per heavy atom. The molecule has 0 N–H and O–H groups in total. The Bertz CT molecular complexity index is 745. The van der Waals surface area contributed by atoms with E-state index in [1.54, 1.807) is 19.2 Å². The zero-order valence-electron chi connectivity index (χ0n) is 17.1. The summed E-state index contributed by atoms with van der Waals surface area (Å²) in [6, 6.07) is 9.13. The third-order valence-electron chi connectivity index (χ3n) is 3.70. The molecule has 7 heteroatoms. The van der Waals surface area contributed by atoms with Gasteiger partial charge in [0, 0.05) is 12.1 Å². The molecular formula is C19H24LiO5P. The quantitative estimate of drug-likeness (QED) is 0.505. The maximum Gasteiger partial charge on any atom is 1.00 e. The summed E-state index contributed by atoms with van der Waals surface area (Å²) in [7, 11) is 4.56. The molecule has 2 aromatic rings. The zero-order valence-corrected chi connectivity index (χ0v) is 17.1. The van der Waals surface area contributed by atoms with Crippen LogP contribution in [0.3, 0.4) is 0 Å². The van der Waals surface area contributed by atoms with Gasteiger partial charge in [0.2, 0.25) is 0 Å². The third-order valence-corrected chi connectivity index (χ3v) is 5.01. The van der Waals surface area contributed by atoms with Crippen LogP contribution in [-0.4, -0.2) is 33.5 Å². The van der Waals surface area contributed by atoms with E-state index in [0.29, 0.717) is 29.4 Å². The number of carbonyl (C=O) groups excluding carboxylic acids is 1. The van der Waals surface area contributed by atoms with Crippen LogP contribution < -0.4 is 43.1 Å². The van der Waals surface area contributed by atoms with E-state index >= 15 is 0 Å². The van der Waals surface area contributed by atoms with Crippen LogP contribution in [0, 0.1) is 6.92 Å². The summed E-state index contributed by atoms with van der Waals surface area (Å²) in [5.41, 5.74) is 1.39. The number of methoxy groups -OCH3 is 3. The first-order valence-electron chi connectivity index (χ1n) is 7.88. The Balaban J connectivity index is 0.00000338. The summed E-state index contributed by atoms with van der Waals surface area (Å²) >= 11 is 0. The fourth-order valence-corrected chi connectivity index (χ4v) is 3.50. The average Bonchev–Trinajstić information content (AvgIpc) is 2.62. The molecule has 0 saturated carbocycles. The minimum atomic E-state index is -0.0522. The normalized spacial score (nSPS) is 10.3. The van der Waals surface area contributed by atoms with Gasteiger partial charge in [0.25, 0.3) is 0 Å². The van der Waals surface area contributed by atoms with Crippen LogP contribution in [0.4, 0.5) is 0 Å². The molecule has 26 heavy (non-hydrogen) atoms. The Morgan fingerprint density at radius 1 is 1.00 bits per heavy atom. The first-order chi connectivity index (χ1) is 12.0. The molecule has 0 aliphatic rings. The van der Waals surface area contributed by atoms with Crippen molar-refractivity contribution >= 4 is 19.4 Å². The van der Waals surface area contributed by atoms with Crippen LogP contribution in [0.5, 0.6) is 23.0 Å². The molecule has 0 aliphatic carbocycles. The predicted octanol–water partition coefficient (Wildman–Crippen LogP) is 0.680. The van der Waals surface area contributed by atoms with Crippen molar-refractivity contribution < 1.29 is 44.0 Å². The smallest absolute Gasteiger partial charge is 1.00 e. The average molecular weight is 370 g/mol. The van der Waals surface area contributed by atoms with Crippen LogP contribution in [0.2, 0.25) is 0 Å². The molecule has 0 fully saturated rings. The minimum absolute atomic E-state index is 0. The van der Waals surface area contributed by atoms with Gasteiger partial charge in [0.05, 0.1) is 27.9 Å². The molecule has 136 valence electrons. The predicted molar refractivity (Wildman–Crippen MR) is 102 cm³/mol. The summed E-state index contributed by atoms with van der Waals surface area (Å²) in [5.74, 6) is 2.26. The summed E-state index contributed by atoms with van der Waals surface area (Å²) in [5, 5.41) is 0.966. The van der Waals surface area contributed by atoms with Crippen LogP contribution in [0.25, 0.3) is 0 Å². The van der Waals surface area contributed by atoms with Crippen LogP contribution in [0.15, 0.2) is 30.3 Å². The van der Waals surface area contributed by atoms with E-state index in [-0.39, 0.29) is 34.4 Å². The molecule has 0 amide bonds. The first-order valence-corrected chi connectivity index (χ1v) is 8.88. The van der Waals surface area contributed by atoms with Gasteiger partial charge in [-0.25, -0.2) is 0 Å². The van der Waals surface area contributed by atoms with Gasteiger partial charge >= 0.3 is 18.9 Å². The summed E-state index contributed by atoms with van der Waals surface area (Å²) < 4.78 is 21.5. The number of rotatable bonds is 8. The number of ether oxygens (including phenoxy) is 4. The molecule has 0 heterocycles. The monoisotopic (exact) mass is 370 g/mol. The van der Waals surface area contributed by atoms with Crippen molar-refractivity contribution in [3.8, 4) is 23.0 Å². The van der Waals surface area contributed by atoms with Crippen molar-refractivity contribution in [2.24, 2.45) is 0 Å². The van der Waals surface area contributed by atoms with E-state index in [1.807, 2.05) is 32.0 Å². The van der Waals surface area contributed by atoms with Crippen molar-refractivity contribution in [2.75, 3.05) is 27.9 Å². The minimum Gasteiger partial charge on any atom is -1.00 e.